The van der Waals surface area contributed by atoms with Crippen molar-refractivity contribution in [3.05, 3.63) is 71.5 Å². The van der Waals surface area contributed by atoms with Crippen molar-refractivity contribution >= 4 is 29.0 Å². The van der Waals surface area contributed by atoms with Crippen molar-refractivity contribution < 1.29 is 9.18 Å². The number of anilines is 2. The zero-order valence-electron chi connectivity index (χ0n) is 18.9. The summed E-state index contributed by atoms with van der Waals surface area (Å²) in [7, 11) is 0. The molecule has 6 nitrogen and oxygen atoms in total. The third-order valence-electron chi connectivity index (χ3n) is 6.75. The number of aromatic nitrogens is 2. The number of piperidine rings is 1. The van der Waals surface area contributed by atoms with Gasteiger partial charge in [0.05, 0.1) is 10.7 Å². The molecule has 0 radical (unpaired) electrons. The number of carbonyl (C=O) groups is 1. The first-order valence-electron chi connectivity index (χ1n) is 11.7. The molecule has 3 heterocycles. The zero-order valence-corrected chi connectivity index (χ0v) is 19.7. The van der Waals surface area contributed by atoms with Gasteiger partial charge in [-0.1, -0.05) is 41.9 Å². The molecule has 3 aromatic rings. The molecule has 34 heavy (non-hydrogen) atoms. The first-order valence-corrected chi connectivity index (χ1v) is 12.1. The number of rotatable bonds is 4. The number of hydrogen-bond donors (Lipinski definition) is 0. The van der Waals surface area contributed by atoms with Gasteiger partial charge in [0.25, 0.3) is 0 Å². The van der Waals surface area contributed by atoms with Crippen molar-refractivity contribution in [2.45, 2.75) is 12.8 Å². The van der Waals surface area contributed by atoms with Gasteiger partial charge in [-0.15, -0.1) is 10.2 Å². The predicted octanol–water partition coefficient (Wildman–Crippen LogP) is 4.50. The average Bonchev–Trinajstić information content (AvgIpc) is 2.91. The van der Waals surface area contributed by atoms with E-state index >= 15 is 0 Å². The molecule has 1 aromatic heterocycles. The molecule has 0 unspecified atom stereocenters. The average molecular weight is 480 g/mol. The van der Waals surface area contributed by atoms with Crippen molar-refractivity contribution in [1.82, 2.24) is 15.1 Å². The van der Waals surface area contributed by atoms with Gasteiger partial charge in [-0.05, 0) is 43.2 Å². The first kappa shape index (κ1) is 22.6. The second-order valence-electron chi connectivity index (χ2n) is 8.81. The number of hydrogen-bond acceptors (Lipinski definition) is 5. The van der Waals surface area contributed by atoms with Crippen molar-refractivity contribution in [3.8, 4) is 11.3 Å². The van der Waals surface area contributed by atoms with Crippen LogP contribution in [0.3, 0.4) is 0 Å². The van der Waals surface area contributed by atoms with Gasteiger partial charge in [-0.2, -0.15) is 0 Å². The van der Waals surface area contributed by atoms with Crippen LogP contribution in [0, 0.1) is 11.7 Å². The van der Waals surface area contributed by atoms with Crippen LogP contribution in [0.4, 0.5) is 15.9 Å². The molecule has 0 spiro atoms. The lowest BCUT2D eigenvalue weighted by atomic mass is 9.95. The highest BCUT2D eigenvalue weighted by atomic mass is 35.5. The Morgan fingerprint density at radius 1 is 0.853 bits per heavy atom. The molecule has 0 atom stereocenters. The van der Waals surface area contributed by atoms with Crippen molar-refractivity contribution in [2.75, 3.05) is 49.1 Å². The summed E-state index contributed by atoms with van der Waals surface area (Å²) < 4.78 is 13.4. The number of benzene rings is 2. The number of nitrogens with zero attached hydrogens (tertiary/aromatic N) is 5. The van der Waals surface area contributed by atoms with E-state index in [2.05, 4.69) is 20.0 Å². The summed E-state index contributed by atoms with van der Waals surface area (Å²) in [5.74, 6) is 0.724. The van der Waals surface area contributed by atoms with E-state index in [0.29, 0.717) is 13.1 Å². The van der Waals surface area contributed by atoms with Gasteiger partial charge in [-0.25, -0.2) is 4.39 Å². The van der Waals surface area contributed by atoms with Gasteiger partial charge in [0.15, 0.2) is 5.82 Å². The lowest BCUT2D eigenvalue weighted by Crippen LogP contribution is -2.51. The van der Waals surface area contributed by atoms with Crippen LogP contribution in [0.2, 0.25) is 5.02 Å². The van der Waals surface area contributed by atoms with Gasteiger partial charge < -0.3 is 14.7 Å². The Kier molecular flexibility index (Phi) is 6.63. The molecule has 1 amide bonds. The minimum atomic E-state index is -0.413. The fraction of sp³-hybridized carbons (Fsp3) is 0.346. The summed E-state index contributed by atoms with van der Waals surface area (Å²) in [6, 6.07) is 18.8. The fourth-order valence-corrected chi connectivity index (χ4v) is 4.91. The monoisotopic (exact) mass is 479 g/mol. The van der Waals surface area contributed by atoms with Gasteiger partial charge in [0, 0.05) is 56.4 Å². The number of amides is 1. The molecule has 2 saturated heterocycles. The first-order chi connectivity index (χ1) is 16.6. The lowest BCUT2D eigenvalue weighted by Gasteiger charge is -2.39. The minimum absolute atomic E-state index is 0.0413. The maximum Gasteiger partial charge on any atom is 0.225 e. The number of piperazine rings is 1. The molecule has 0 saturated carbocycles. The highest BCUT2D eigenvalue weighted by Gasteiger charge is 2.31. The van der Waals surface area contributed by atoms with E-state index in [1.807, 2.05) is 47.4 Å². The Morgan fingerprint density at radius 2 is 1.59 bits per heavy atom. The van der Waals surface area contributed by atoms with Crippen LogP contribution < -0.4 is 9.80 Å². The summed E-state index contributed by atoms with van der Waals surface area (Å²) >= 11 is 5.93. The SMILES string of the molecule is O=C(C1CCN(c2ccc(-c3ccccc3)nn2)CC1)N1CCN(c2ccc(F)c(Cl)c2)CC1. The van der Waals surface area contributed by atoms with Gasteiger partial charge in [-0.3, -0.25) is 4.79 Å². The van der Waals surface area contributed by atoms with Crippen LogP contribution in [0.25, 0.3) is 11.3 Å². The van der Waals surface area contributed by atoms with Crippen molar-refractivity contribution in [3.63, 3.8) is 0 Å². The van der Waals surface area contributed by atoms with Crippen LogP contribution >= 0.6 is 11.6 Å². The minimum Gasteiger partial charge on any atom is -0.368 e. The Balaban J connectivity index is 1.12. The molecule has 2 aromatic carbocycles. The molecule has 2 aliphatic rings. The fourth-order valence-electron chi connectivity index (χ4n) is 4.74. The van der Waals surface area contributed by atoms with E-state index in [1.165, 1.54) is 6.07 Å². The molecule has 0 aliphatic carbocycles. The van der Waals surface area contributed by atoms with E-state index in [4.69, 9.17) is 11.6 Å². The Morgan fingerprint density at radius 3 is 2.24 bits per heavy atom. The van der Waals surface area contributed by atoms with E-state index in [-0.39, 0.29) is 16.8 Å². The topological polar surface area (TPSA) is 52.6 Å². The van der Waals surface area contributed by atoms with Gasteiger partial charge in [0.1, 0.15) is 5.82 Å². The largest absolute Gasteiger partial charge is 0.368 e. The summed E-state index contributed by atoms with van der Waals surface area (Å²) in [5.41, 5.74) is 2.80. The maximum absolute atomic E-state index is 13.4. The lowest BCUT2D eigenvalue weighted by molar-refractivity contribution is -0.136. The molecular formula is C26H27ClFN5O. The second kappa shape index (κ2) is 9.97. The summed E-state index contributed by atoms with van der Waals surface area (Å²) in [6.07, 6.45) is 1.63. The van der Waals surface area contributed by atoms with Crippen LogP contribution in [0.5, 0.6) is 0 Å². The van der Waals surface area contributed by atoms with Crippen LogP contribution in [-0.4, -0.2) is 60.3 Å². The summed E-state index contributed by atoms with van der Waals surface area (Å²) in [5, 5.41) is 8.95. The predicted molar refractivity (Wildman–Crippen MR) is 133 cm³/mol. The smallest absolute Gasteiger partial charge is 0.225 e. The molecule has 2 aliphatic heterocycles. The molecule has 5 rings (SSSR count). The van der Waals surface area contributed by atoms with Crippen LogP contribution in [-0.2, 0) is 4.79 Å². The standard InChI is InChI=1S/C26H27ClFN5O/c27-22-18-21(6-7-23(22)28)31-14-16-33(17-15-31)26(34)20-10-12-32(13-11-20)25-9-8-24(29-30-25)19-4-2-1-3-5-19/h1-9,18,20H,10-17H2. The van der Waals surface area contributed by atoms with E-state index in [1.54, 1.807) is 12.1 Å². The third kappa shape index (κ3) is 4.85. The highest BCUT2D eigenvalue weighted by molar-refractivity contribution is 6.31. The normalized spacial score (nSPS) is 17.2. The van der Waals surface area contributed by atoms with Gasteiger partial charge >= 0.3 is 0 Å². The quantitative estimate of drug-likeness (QED) is 0.551. The number of halogens is 2. The highest BCUT2D eigenvalue weighted by Crippen LogP contribution is 2.27. The van der Waals surface area contributed by atoms with Crippen molar-refractivity contribution in [2.24, 2.45) is 5.92 Å². The number of carbonyl (C=O) groups excluding carboxylic acids is 1. The third-order valence-corrected chi connectivity index (χ3v) is 7.04. The Labute approximate surface area is 204 Å². The molecule has 0 N–H and O–H groups in total. The Bertz CT molecular complexity index is 1130. The maximum atomic E-state index is 13.4. The molecule has 8 heteroatoms. The van der Waals surface area contributed by atoms with Crippen molar-refractivity contribution in [1.29, 1.82) is 0 Å². The van der Waals surface area contributed by atoms with E-state index < -0.39 is 5.82 Å². The zero-order chi connectivity index (χ0) is 23.5. The molecule has 2 fully saturated rings. The summed E-state index contributed by atoms with van der Waals surface area (Å²) in [6.45, 7) is 4.36. The summed E-state index contributed by atoms with van der Waals surface area (Å²) in [4.78, 5) is 19.5. The Hall–Kier alpha value is -3.19. The van der Waals surface area contributed by atoms with Gasteiger partial charge in [0.2, 0.25) is 5.91 Å². The van der Waals surface area contributed by atoms with Crippen LogP contribution in [0.15, 0.2) is 60.7 Å². The second-order valence-corrected chi connectivity index (χ2v) is 9.22. The molecular weight excluding hydrogens is 453 g/mol. The van der Waals surface area contributed by atoms with Crippen LogP contribution in [0.1, 0.15) is 12.8 Å². The molecule has 0 bridgehead atoms. The van der Waals surface area contributed by atoms with E-state index in [0.717, 1.165) is 61.8 Å². The molecule has 176 valence electrons. The van der Waals surface area contributed by atoms with E-state index in [9.17, 15) is 9.18 Å².